The summed E-state index contributed by atoms with van der Waals surface area (Å²) in [5.74, 6) is -1.48. The Kier molecular flexibility index (Phi) is 3.71. The number of anilines is 1. The highest BCUT2D eigenvalue weighted by Crippen LogP contribution is 2.20. The first-order valence-corrected chi connectivity index (χ1v) is 5.47. The summed E-state index contributed by atoms with van der Waals surface area (Å²) < 4.78 is 1.25. The van der Waals surface area contributed by atoms with E-state index in [1.54, 1.807) is 0 Å². The fourth-order valence-electron chi connectivity index (χ4n) is 1.37. The molecule has 0 atom stereocenters. The fraction of sp³-hybridized carbons (Fsp3) is 0.100. The molecule has 1 aromatic heterocycles. The van der Waals surface area contributed by atoms with E-state index in [2.05, 4.69) is 20.8 Å². The van der Waals surface area contributed by atoms with Crippen LogP contribution in [0.4, 0.5) is 5.69 Å². The van der Waals surface area contributed by atoms with E-state index in [0.29, 0.717) is 5.69 Å². The third-order valence-electron chi connectivity index (χ3n) is 2.18. The molecule has 0 spiro atoms. The number of carboxylic acids is 1. The number of amides is 1. The molecule has 1 amide bonds. The van der Waals surface area contributed by atoms with E-state index in [1.807, 2.05) is 0 Å². The van der Waals surface area contributed by atoms with Crippen molar-refractivity contribution >= 4 is 29.2 Å². The van der Waals surface area contributed by atoms with E-state index < -0.39 is 5.97 Å². The second-order valence-corrected chi connectivity index (χ2v) is 3.96. The molecule has 0 saturated carbocycles. The molecule has 8 nitrogen and oxygen atoms in total. The minimum atomic E-state index is -1.13. The lowest BCUT2D eigenvalue weighted by Gasteiger charge is -2.06. The highest BCUT2D eigenvalue weighted by atomic mass is 35.5. The van der Waals surface area contributed by atoms with Crippen LogP contribution in [-0.2, 0) is 11.3 Å². The number of aromatic carboxylic acids is 1. The molecule has 1 heterocycles. The number of hydrogen-bond donors (Lipinski definition) is 2. The maximum atomic E-state index is 11.6. The van der Waals surface area contributed by atoms with Crippen molar-refractivity contribution < 1.29 is 14.7 Å². The van der Waals surface area contributed by atoms with Crippen LogP contribution in [0.15, 0.2) is 24.5 Å². The number of benzene rings is 1. The van der Waals surface area contributed by atoms with Crippen molar-refractivity contribution in [3.8, 4) is 0 Å². The highest BCUT2D eigenvalue weighted by molar-refractivity contribution is 6.33. The summed E-state index contributed by atoms with van der Waals surface area (Å²) in [6.45, 7) is -0.0503. The van der Waals surface area contributed by atoms with E-state index in [-0.39, 0.29) is 23.0 Å². The van der Waals surface area contributed by atoms with Crippen molar-refractivity contribution in [3.05, 3.63) is 35.1 Å². The zero-order valence-corrected chi connectivity index (χ0v) is 10.2. The smallest absolute Gasteiger partial charge is 0.337 e. The predicted octanol–water partition coefficient (Wildman–Crippen LogP) is 0.663. The largest absolute Gasteiger partial charge is 0.478 e. The third kappa shape index (κ3) is 3.26. The van der Waals surface area contributed by atoms with Crippen molar-refractivity contribution in [3.63, 3.8) is 0 Å². The first kappa shape index (κ1) is 13.0. The molecule has 0 unspecified atom stereocenters. The van der Waals surface area contributed by atoms with Gasteiger partial charge < -0.3 is 10.4 Å². The number of nitrogens with zero attached hydrogens (tertiary/aromatic N) is 4. The molecule has 0 aliphatic rings. The predicted molar refractivity (Wildman–Crippen MR) is 64.9 cm³/mol. The molecule has 19 heavy (non-hydrogen) atoms. The van der Waals surface area contributed by atoms with Gasteiger partial charge in [-0.2, -0.15) is 0 Å². The Morgan fingerprint density at radius 2 is 2.21 bits per heavy atom. The number of carboxylic acid groups (broad SMARTS) is 1. The maximum absolute atomic E-state index is 11.6. The van der Waals surface area contributed by atoms with Crippen LogP contribution in [0, 0.1) is 0 Å². The molecule has 2 rings (SSSR count). The van der Waals surface area contributed by atoms with Crippen LogP contribution in [0.3, 0.4) is 0 Å². The molecule has 98 valence electrons. The topological polar surface area (TPSA) is 110 Å². The molecule has 9 heteroatoms. The van der Waals surface area contributed by atoms with E-state index in [4.69, 9.17) is 16.7 Å². The van der Waals surface area contributed by atoms with E-state index in [9.17, 15) is 9.59 Å². The molecular weight excluding hydrogens is 274 g/mol. The van der Waals surface area contributed by atoms with Crippen LogP contribution in [-0.4, -0.2) is 37.2 Å². The maximum Gasteiger partial charge on any atom is 0.337 e. The standard InChI is InChI=1S/C10H8ClN5O3/c11-8-3-6(1-2-7(8)10(18)19)13-9(17)4-16-5-12-14-15-16/h1-3,5H,4H2,(H,13,17)(H,18,19). The summed E-state index contributed by atoms with van der Waals surface area (Å²) in [5, 5.41) is 21.7. The summed E-state index contributed by atoms with van der Waals surface area (Å²) in [6, 6.07) is 4.13. The Labute approximate surface area is 112 Å². The summed E-state index contributed by atoms with van der Waals surface area (Å²) in [6.07, 6.45) is 1.31. The Bertz CT molecular complexity index is 614. The Balaban J connectivity index is 2.05. The van der Waals surface area contributed by atoms with Gasteiger partial charge in [0, 0.05) is 5.69 Å². The molecule has 1 aromatic carbocycles. The Hall–Kier alpha value is -2.48. The minimum Gasteiger partial charge on any atom is -0.478 e. The lowest BCUT2D eigenvalue weighted by atomic mass is 10.2. The molecule has 0 fully saturated rings. The van der Waals surface area contributed by atoms with Crippen LogP contribution in [0.25, 0.3) is 0 Å². The molecule has 0 radical (unpaired) electrons. The summed E-state index contributed by atoms with van der Waals surface area (Å²) >= 11 is 5.78. The summed E-state index contributed by atoms with van der Waals surface area (Å²) in [4.78, 5) is 22.4. The van der Waals surface area contributed by atoms with Gasteiger partial charge in [-0.3, -0.25) is 4.79 Å². The number of tetrazole rings is 1. The van der Waals surface area contributed by atoms with Crippen LogP contribution >= 0.6 is 11.6 Å². The molecule has 0 saturated heterocycles. The fourth-order valence-corrected chi connectivity index (χ4v) is 1.63. The van der Waals surface area contributed by atoms with Crippen molar-refractivity contribution in [2.75, 3.05) is 5.32 Å². The number of hydrogen-bond acceptors (Lipinski definition) is 5. The van der Waals surface area contributed by atoms with Crippen LogP contribution in [0.1, 0.15) is 10.4 Å². The van der Waals surface area contributed by atoms with Gasteiger partial charge in [0.2, 0.25) is 5.91 Å². The van der Waals surface area contributed by atoms with Gasteiger partial charge in [0.15, 0.2) is 0 Å². The highest BCUT2D eigenvalue weighted by Gasteiger charge is 2.10. The molecular formula is C10H8ClN5O3. The second-order valence-electron chi connectivity index (χ2n) is 3.56. The van der Waals surface area contributed by atoms with Gasteiger partial charge in [0.25, 0.3) is 0 Å². The van der Waals surface area contributed by atoms with Gasteiger partial charge in [0.1, 0.15) is 12.9 Å². The average molecular weight is 282 g/mol. The van der Waals surface area contributed by atoms with Crippen molar-refractivity contribution in [1.82, 2.24) is 20.2 Å². The number of halogens is 1. The molecule has 2 N–H and O–H groups in total. The normalized spacial score (nSPS) is 10.2. The van der Waals surface area contributed by atoms with Crippen LogP contribution < -0.4 is 5.32 Å². The third-order valence-corrected chi connectivity index (χ3v) is 2.49. The Morgan fingerprint density at radius 1 is 1.42 bits per heavy atom. The Morgan fingerprint density at radius 3 is 2.79 bits per heavy atom. The van der Waals surface area contributed by atoms with Gasteiger partial charge in [-0.1, -0.05) is 11.6 Å². The summed E-state index contributed by atoms with van der Waals surface area (Å²) in [7, 11) is 0. The van der Waals surface area contributed by atoms with E-state index in [1.165, 1.54) is 29.2 Å². The van der Waals surface area contributed by atoms with Crippen molar-refractivity contribution in [2.45, 2.75) is 6.54 Å². The zero-order chi connectivity index (χ0) is 13.8. The van der Waals surface area contributed by atoms with Gasteiger partial charge >= 0.3 is 5.97 Å². The van der Waals surface area contributed by atoms with E-state index >= 15 is 0 Å². The summed E-state index contributed by atoms with van der Waals surface area (Å²) in [5.41, 5.74) is 0.369. The SMILES string of the molecule is O=C(Cn1cnnn1)Nc1ccc(C(=O)O)c(Cl)c1. The minimum absolute atomic E-state index is 0.0276. The second kappa shape index (κ2) is 5.44. The van der Waals surface area contributed by atoms with Crippen molar-refractivity contribution in [1.29, 1.82) is 0 Å². The van der Waals surface area contributed by atoms with Gasteiger partial charge in [-0.15, -0.1) is 5.10 Å². The van der Waals surface area contributed by atoms with Crippen LogP contribution in [0.5, 0.6) is 0 Å². The number of nitrogens with one attached hydrogen (secondary N) is 1. The molecule has 2 aromatic rings. The van der Waals surface area contributed by atoms with E-state index in [0.717, 1.165) is 0 Å². The first-order valence-electron chi connectivity index (χ1n) is 5.10. The lowest BCUT2D eigenvalue weighted by molar-refractivity contribution is -0.116. The average Bonchev–Trinajstić information content (AvgIpc) is 2.81. The monoisotopic (exact) mass is 281 g/mol. The van der Waals surface area contributed by atoms with Gasteiger partial charge in [0.05, 0.1) is 10.6 Å². The van der Waals surface area contributed by atoms with Gasteiger partial charge in [-0.25, -0.2) is 9.48 Å². The van der Waals surface area contributed by atoms with Crippen LogP contribution in [0.2, 0.25) is 5.02 Å². The number of carbonyl (C=O) groups is 2. The molecule has 0 bridgehead atoms. The molecule has 0 aliphatic heterocycles. The molecule has 0 aliphatic carbocycles. The first-order chi connectivity index (χ1) is 9.06. The number of aromatic nitrogens is 4. The lowest BCUT2D eigenvalue weighted by Crippen LogP contribution is -2.19. The zero-order valence-electron chi connectivity index (χ0n) is 9.45. The van der Waals surface area contributed by atoms with Gasteiger partial charge in [-0.05, 0) is 28.6 Å². The quantitative estimate of drug-likeness (QED) is 0.852. The number of rotatable bonds is 4. The number of carbonyl (C=O) groups excluding carboxylic acids is 1. The van der Waals surface area contributed by atoms with Crippen molar-refractivity contribution in [2.24, 2.45) is 0 Å².